The molecule has 0 bridgehead atoms. The minimum atomic E-state index is -0.367. The minimum absolute atomic E-state index is 0.0927. The van der Waals surface area contributed by atoms with Crippen LogP contribution in [0.4, 0.5) is 4.39 Å². The minimum Gasteiger partial charge on any atom is -0.472 e. The number of ether oxygens (including phenoxy) is 1. The van der Waals surface area contributed by atoms with Crippen molar-refractivity contribution in [3.8, 4) is 5.88 Å². The van der Waals surface area contributed by atoms with Crippen LogP contribution in [0.5, 0.6) is 5.88 Å². The molecule has 2 aliphatic heterocycles. The molecule has 2 fully saturated rings. The lowest BCUT2D eigenvalue weighted by Crippen LogP contribution is -2.43. The molecule has 0 spiro atoms. The molecule has 21 heavy (non-hydrogen) atoms. The third-order valence-electron chi connectivity index (χ3n) is 4.45. The Kier molecular flexibility index (Phi) is 5.04. The van der Waals surface area contributed by atoms with Gasteiger partial charge in [-0.1, -0.05) is 0 Å². The molecule has 1 aromatic heterocycles. The fraction of sp³-hybridized carbons (Fsp3) is 0.688. The average molecular weight is 293 g/mol. The van der Waals surface area contributed by atoms with Gasteiger partial charge in [-0.25, -0.2) is 9.37 Å². The summed E-state index contributed by atoms with van der Waals surface area (Å²) in [6.07, 6.45) is 6.21. The molecular formula is C16H24FN3O. The van der Waals surface area contributed by atoms with Crippen LogP contribution < -0.4 is 10.1 Å². The predicted octanol–water partition coefficient (Wildman–Crippen LogP) is 2.06. The summed E-state index contributed by atoms with van der Waals surface area (Å²) in [4.78, 5) is 6.49. The molecular weight excluding hydrogens is 269 g/mol. The van der Waals surface area contributed by atoms with Gasteiger partial charge in [0, 0.05) is 25.8 Å². The highest BCUT2D eigenvalue weighted by Crippen LogP contribution is 2.21. The van der Waals surface area contributed by atoms with Crippen molar-refractivity contribution in [2.45, 2.75) is 31.8 Å². The number of hydrogen-bond donors (Lipinski definition) is 1. The predicted molar refractivity (Wildman–Crippen MR) is 79.9 cm³/mol. The van der Waals surface area contributed by atoms with Crippen LogP contribution in [0.3, 0.4) is 0 Å². The van der Waals surface area contributed by atoms with E-state index in [1.807, 2.05) is 0 Å². The van der Waals surface area contributed by atoms with Crippen molar-refractivity contribution in [2.24, 2.45) is 5.92 Å². The maximum Gasteiger partial charge on any atom is 0.250 e. The van der Waals surface area contributed by atoms with E-state index in [2.05, 4.69) is 15.2 Å². The molecule has 116 valence electrons. The van der Waals surface area contributed by atoms with Gasteiger partial charge in [0.1, 0.15) is 6.10 Å². The van der Waals surface area contributed by atoms with E-state index in [1.54, 1.807) is 12.3 Å². The van der Waals surface area contributed by atoms with Crippen molar-refractivity contribution in [3.63, 3.8) is 0 Å². The molecule has 4 nitrogen and oxygen atoms in total. The number of halogens is 1. The van der Waals surface area contributed by atoms with Crippen LogP contribution >= 0.6 is 0 Å². The Balaban J connectivity index is 1.43. The Morgan fingerprint density at radius 3 is 2.90 bits per heavy atom. The van der Waals surface area contributed by atoms with E-state index in [0.717, 1.165) is 38.4 Å². The second-order valence-corrected chi connectivity index (χ2v) is 6.12. The third kappa shape index (κ3) is 4.14. The monoisotopic (exact) mass is 293 g/mol. The van der Waals surface area contributed by atoms with Crippen LogP contribution in [0.15, 0.2) is 18.3 Å². The fourth-order valence-corrected chi connectivity index (χ4v) is 3.27. The number of pyridine rings is 1. The molecule has 5 heteroatoms. The molecule has 0 radical (unpaired) electrons. The van der Waals surface area contributed by atoms with E-state index < -0.39 is 0 Å². The van der Waals surface area contributed by atoms with Crippen LogP contribution in [0.1, 0.15) is 25.7 Å². The van der Waals surface area contributed by atoms with Crippen LogP contribution in [-0.4, -0.2) is 48.7 Å². The van der Waals surface area contributed by atoms with Crippen molar-refractivity contribution in [1.82, 2.24) is 15.2 Å². The number of piperidine rings is 2. The first-order valence-corrected chi connectivity index (χ1v) is 8.01. The second-order valence-electron chi connectivity index (χ2n) is 6.12. The van der Waals surface area contributed by atoms with E-state index >= 15 is 0 Å². The summed E-state index contributed by atoms with van der Waals surface area (Å²) < 4.78 is 19.2. The van der Waals surface area contributed by atoms with Gasteiger partial charge in [-0.3, -0.25) is 0 Å². The smallest absolute Gasteiger partial charge is 0.250 e. The van der Waals surface area contributed by atoms with Gasteiger partial charge in [-0.05, 0) is 56.8 Å². The summed E-state index contributed by atoms with van der Waals surface area (Å²) in [5.41, 5.74) is 0. The number of rotatable bonds is 4. The van der Waals surface area contributed by atoms with Crippen molar-refractivity contribution in [2.75, 3.05) is 32.7 Å². The van der Waals surface area contributed by atoms with Gasteiger partial charge in [0.25, 0.3) is 5.88 Å². The standard InChI is InChI=1S/C16H24FN3O/c17-15-4-2-8-19-16(15)21-14-5-9-20(10-6-14)12-13-3-1-7-18-11-13/h2,4,8,13-14,18H,1,3,5-7,9-12H2. The maximum absolute atomic E-state index is 13.5. The SMILES string of the molecule is Fc1cccnc1OC1CCN(CC2CCCNC2)CC1. The largest absolute Gasteiger partial charge is 0.472 e. The first-order valence-electron chi connectivity index (χ1n) is 8.01. The van der Waals surface area contributed by atoms with E-state index in [0.29, 0.717) is 0 Å². The molecule has 0 aromatic carbocycles. The normalized spacial score (nSPS) is 24.9. The third-order valence-corrected chi connectivity index (χ3v) is 4.45. The zero-order valence-corrected chi connectivity index (χ0v) is 12.4. The Hall–Kier alpha value is -1.20. The lowest BCUT2D eigenvalue weighted by Gasteiger charge is -2.35. The molecule has 0 saturated carbocycles. The summed E-state index contributed by atoms with van der Waals surface area (Å²) in [7, 11) is 0. The van der Waals surface area contributed by atoms with Crippen LogP contribution in [0, 0.1) is 11.7 Å². The van der Waals surface area contributed by atoms with Gasteiger partial charge in [0.2, 0.25) is 0 Å². The first kappa shape index (κ1) is 14.7. The highest BCUT2D eigenvalue weighted by Gasteiger charge is 2.24. The van der Waals surface area contributed by atoms with Gasteiger partial charge >= 0.3 is 0 Å². The van der Waals surface area contributed by atoms with Gasteiger partial charge < -0.3 is 15.0 Å². The molecule has 0 aliphatic carbocycles. The fourth-order valence-electron chi connectivity index (χ4n) is 3.27. The molecule has 3 heterocycles. The van der Waals surface area contributed by atoms with Crippen molar-refractivity contribution in [1.29, 1.82) is 0 Å². The number of nitrogens with one attached hydrogen (secondary N) is 1. The summed E-state index contributed by atoms with van der Waals surface area (Å²) in [5.74, 6) is 0.560. The van der Waals surface area contributed by atoms with E-state index in [-0.39, 0.29) is 17.8 Å². The maximum atomic E-state index is 13.5. The number of hydrogen-bond acceptors (Lipinski definition) is 4. The number of likely N-dealkylation sites (tertiary alicyclic amines) is 1. The number of nitrogens with zero attached hydrogens (tertiary/aromatic N) is 2. The molecule has 0 amide bonds. The van der Waals surface area contributed by atoms with Crippen LogP contribution in [0.25, 0.3) is 0 Å². The van der Waals surface area contributed by atoms with Gasteiger partial charge in [-0.15, -0.1) is 0 Å². The second kappa shape index (κ2) is 7.18. The topological polar surface area (TPSA) is 37.4 Å². The molecule has 1 unspecified atom stereocenters. The molecule has 1 N–H and O–H groups in total. The lowest BCUT2D eigenvalue weighted by molar-refractivity contribution is 0.0818. The highest BCUT2D eigenvalue weighted by atomic mass is 19.1. The summed E-state index contributed by atoms with van der Waals surface area (Å²) in [6, 6.07) is 2.98. The molecule has 2 aliphatic rings. The van der Waals surface area contributed by atoms with Gasteiger partial charge in [-0.2, -0.15) is 0 Å². The van der Waals surface area contributed by atoms with E-state index in [4.69, 9.17) is 4.74 Å². The molecule has 1 atom stereocenters. The Labute approximate surface area is 125 Å². The van der Waals surface area contributed by atoms with Gasteiger partial charge in [0.05, 0.1) is 0 Å². The lowest BCUT2D eigenvalue weighted by atomic mass is 9.97. The highest BCUT2D eigenvalue weighted by molar-refractivity contribution is 5.13. The molecule has 2 saturated heterocycles. The summed E-state index contributed by atoms with van der Waals surface area (Å²) in [6.45, 7) is 5.57. The average Bonchev–Trinajstić information content (AvgIpc) is 2.52. The summed E-state index contributed by atoms with van der Waals surface area (Å²) >= 11 is 0. The van der Waals surface area contributed by atoms with Crippen molar-refractivity contribution >= 4 is 0 Å². The molecule has 1 aromatic rings. The first-order chi connectivity index (χ1) is 10.3. The zero-order chi connectivity index (χ0) is 14.5. The zero-order valence-electron chi connectivity index (χ0n) is 12.4. The van der Waals surface area contributed by atoms with E-state index in [9.17, 15) is 4.39 Å². The Morgan fingerprint density at radius 2 is 2.19 bits per heavy atom. The Bertz CT molecular complexity index is 443. The van der Waals surface area contributed by atoms with E-state index in [1.165, 1.54) is 32.0 Å². The quantitative estimate of drug-likeness (QED) is 0.922. The molecule has 3 rings (SSSR count). The van der Waals surface area contributed by atoms with Crippen molar-refractivity contribution < 1.29 is 9.13 Å². The van der Waals surface area contributed by atoms with Gasteiger partial charge in [0.15, 0.2) is 5.82 Å². The number of aromatic nitrogens is 1. The van der Waals surface area contributed by atoms with Crippen LogP contribution in [-0.2, 0) is 0 Å². The van der Waals surface area contributed by atoms with Crippen LogP contribution in [0.2, 0.25) is 0 Å². The summed E-state index contributed by atoms with van der Waals surface area (Å²) in [5, 5.41) is 3.47. The van der Waals surface area contributed by atoms with Crippen molar-refractivity contribution in [3.05, 3.63) is 24.1 Å². The Morgan fingerprint density at radius 1 is 1.33 bits per heavy atom.